The predicted molar refractivity (Wildman–Crippen MR) is 79.0 cm³/mol. The Kier molecular flexibility index (Phi) is 4.77. The topological polar surface area (TPSA) is 35.5 Å². The van der Waals surface area contributed by atoms with Gasteiger partial charge in [0.2, 0.25) is 0 Å². The molecule has 104 valence electrons. The molecule has 0 atom stereocenters. The Morgan fingerprint density at radius 3 is 1.85 bits per heavy atom. The normalized spacial score (nSPS) is 10.1. The van der Waals surface area contributed by atoms with E-state index in [1.165, 1.54) is 0 Å². The van der Waals surface area contributed by atoms with Crippen molar-refractivity contribution >= 4 is 5.97 Å². The summed E-state index contributed by atoms with van der Waals surface area (Å²) in [6, 6.07) is 15.3. The Balaban J connectivity index is 2.08. The van der Waals surface area contributed by atoms with Crippen molar-refractivity contribution in [2.24, 2.45) is 0 Å². The van der Waals surface area contributed by atoms with E-state index in [1.54, 1.807) is 7.11 Å². The summed E-state index contributed by atoms with van der Waals surface area (Å²) >= 11 is 0. The van der Waals surface area contributed by atoms with Gasteiger partial charge in [0, 0.05) is 6.42 Å². The highest BCUT2D eigenvalue weighted by Crippen LogP contribution is 2.24. The minimum Gasteiger partial charge on any atom is -0.497 e. The first kappa shape index (κ1) is 14.1. The molecule has 2 rings (SSSR count). The molecule has 2 aromatic rings. The van der Waals surface area contributed by atoms with Crippen LogP contribution in [0.3, 0.4) is 0 Å². The van der Waals surface area contributed by atoms with Crippen molar-refractivity contribution in [2.75, 3.05) is 7.11 Å². The quantitative estimate of drug-likeness (QED) is 0.607. The zero-order chi connectivity index (χ0) is 14.4. The molecule has 0 aliphatic carbocycles. The van der Waals surface area contributed by atoms with Gasteiger partial charge >= 0.3 is 5.97 Å². The molecule has 0 saturated carbocycles. The van der Waals surface area contributed by atoms with E-state index in [4.69, 9.17) is 9.47 Å². The van der Waals surface area contributed by atoms with E-state index in [0.717, 1.165) is 23.3 Å². The Morgan fingerprint density at radius 1 is 0.900 bits per heavy atom. The van der Waals surface area contributed by atoms with Gasteiger partial charge < -0.3 is 9.47 Å². The van der Waals surface area contributed by atoms with Crippen molar-refractivity contribution in [3.8, 4) is 22.6 Å². The van der Waals surface area contributed by atoms with Crippen molar-refractivity contribution in [1.82, 2.24) is 0 Å². The number of hydrogen-bond acceptors (Lipinski definition) is 3. The van der Waals surface area contributed by atoms with Gasteiger partial charge in [0.1, 0.15) is 11.5 Å². The van der Waals surface area contributed by atoms with Gasteiger partial charge in [-0.2, -0.15) is 0 Å². The van der Waals surface area contributed by atoms with Crippen LogP contribution in [-0.2, 0) is 4.79 Å². The van der Waals surface area contributed by atoms with Gasteiger partial charge in [0.15, 0.2) is 0 Å². The number of carbonyl (C=O) groups excluding carboxylic acids is 1. The zero-order valence-electron chi connectivity index (χ0n) is 11.8. The van der Waals surface area contributed by atoms with Gasteiger partial charge in [-0.05, 0) is 41.8 Å². The third-order valence-electron chi connectivity index (χ3n) is 2.96. The van der Waals surface area contributed by atoms with Crippen LogP contribution < -0.4 is 9.47 Å². The van der Waals surface area contributed by atoms with Gasteiger partial charge in [-0.3, -0.25) is 4.79 Å². The molecule has 0 aliphatic rings. The van der Waals surface area contributed by atoms with Crippen LogP contribution in [-0.4, -0.2) is 13.1 Å². The lowest BCUT2D eigenvalue weighted by Gasteiger charge is -2.06. The summed E-state index contributed by atoms with van der Waals surface area (Å²) < 4.78 is 10.4. The smallest absolute Gasteiger partial charge is 0.311 e. The molecule has 0 aliphatic heterocycles. The third kappa shape index (κ3) is 3.60. The molecule has 20 heavy (non-hydrogen) atoms. The molecular formula is C17H18O3. The Labute approximate surface area is 119 Å². The van der Waals surface area contributed by atoms with Gasteiger partial charge in [0.05, 0.1) is 7.11 Å². The Hall–Kier alpha value is -2.29. The van der Waals surface area contributed by atoms with Crippen LogP contribution in [0.1, 0.15) is 19.8 Å². The number of carbonyl (C=O) groups is 1. The molecule has 0 bridgehead atoms. The van der Waals surface area contributed by atoms with Crippen molar-refractivity contribution in [3.05, 3.63) is 48.5 Å². The first-order valence-electron chi connectivity index (χ1n) is 6.68. The van der Waals surface area contributed by atoms with Crippen molar-refractivity contribution < 1.29 is 14.3 Å². The summed E-state index contributed by atoms with van der Waals surface area (Å²) in [6.45, 7) is 1.95. The third-order valence-corrected chi connectivity index (χ3v) is 2.96. The van der Waals surface area contributed by atoms with Crippen LogP contribution in [0.5, 0.6) is 11.5 Å². The fourth-order valence-electron chi connectivity index (χ4n) is 1.89. The first-order valence-corrected chi connectivity index (χ1v) is 6.68. The van der Waals surface area contributed by atoms with Gasteiger partial charge in [0.25, 0.3) is 0 Å². The molecule has 0 unspecified atom stereocenters. The largest absolute Gasteiger partial charge is 0.497 e. The van der Waals surface area contributed by atoms with Gasteiger partial charge in [-0.1, -0.05) is 31.2 Å². The number of benzene rings is 2. The Morgan fingerprint density at radius 2 is 1.40 bits per heavy atom. The second kappa shape index (κ2) is 6.75. The molecule has 0 spiro atoms. The summed E-state index contributed by atoms with van der Waals surface area (Å²) in [5.74, 6) is 1.23. The second-order valence-electron chi connectivity index (χ2n) is 4.48. The summed E-state index contributed by atoms with van der Waals surface area (Å²) in [6.07, 6.45) is 1.24. The maximum absolute atomic E-state index is 11.4. The summed E-state index contributed by atoms with van der Waals surface area (Å²) in [7, 11) is 1.65. The lowest BCUT2D eigenvalue weighted by atomic mass is 10.1. The Bertz CT molecular complexity index is 556. The number of methoxy groups -OCH3 is 1. The number of rotatable bonds is 5. The standard InChI is InChI=1S/C17H18O3/c1-3-4-17(18)20-16-11-7-14(8-12-16)13-5-9-15(19-2)10-6-13/h5-12H,3-4H2,1-2H3. The van der Waals surface area contributed by atoms with Gasteiger partial charge in [-0.15, -0.1) is 0 Å². The summed E-state index contributed by atoms with van der Waals surface area (Å²) in [4.78, 5) is 11.4. The maximum Gasteiger partial charge on any atom is 0.311 e. The predicted octanol–water partition coefficient (Wildman–Crippen LogP) is 4.07. The average Bonchev–Trinajstić information content (AvgIpc) is 2.48. The highest BCUT2D eigenvalue weighted by Gasteiger charge is 2.04. The van der Waals surface area contributed by atoms with Crippen LogP contribution >= 0.6 is 0 Å². The minimum atomic E-state index is -0.190. The SMILES string of the molecule is CCCC(=O)Oc1ccc(-c2ccc(OC)cc2)cc1. The average molecular weight is 270 g/mol. The summed E-state index contributed by atoms with van der Waals surface area (Å²) in [5, 5.41) is 0. The highest BCUT2D eigenvalue weighted by molar-refractivity contribution is 5.73. The molecule has 0 radical (unpaired) electrons. The minimum absolute atomic E-state index is 0.190. The molecule has 0 heterocycles. The fourth-order valence-corrected chi connectivity index (χ4v) is 1.89. The van der Waals surface area contributed by atoms with E-state index >= 15 is 0 Å². The zero-order valence-corrected chi connectivity index (χ0v) is 11.8. The van der Waals surface area contributed by atoms with E-state index in [1.807, 2.05) is 55.5 Å². The lowest BCUT2D eigenvalue weighted by molar-refractivity contribution is -0.134. The molecule has 0 N–H and O–H groups in total. The van der Waals surface area contributed by atoms with E-state index in [2.05, 4.69) is 0 Å². The number of hydrogen-bond donors (Lipinski definition) is 0. The second-order valence-corrected chi connectivity index (χ2v) is 4.48. The molecular weight excluding hydrogens is 252 g/mol. The maximum atomic E-state index is 11.4. The molecule has 3 heteroatoms. The van der Waals surface area contributed by atoms with Gasteiger partial charge in [-0.25, -0.2) is 0 Å². The van der Waals surface area contributed by atoms with E-state index < -0.39 is 0 Å². The van der Waals surface area contributed by atoms with Crippen molar-refractivity contribution in [2.45, 2.75) is 19.8 Å². The van der Waals surface area contributed by atoms with E-state index in [0.29, 0.717) is 12.2 Å². The molecule has 0 aromatic heterocycles. The van der Waals surface area contributed by atoms with Crippen molar-refractivity contribution in [1.29, 1.82) is 0 Å². The first-order chi connectivity index (χ1) is 9.72. The lowest BCUT2D eigenvalue weighted by Crippen LogP contribution is -2.06. The van der Waals surface area contributed by atoms with E-state index in [-0.39, 0.29) is 5.97 Å². The monoisotopic (exact) mass is 270 g/mol. The van der Waals surface area contributed by atoms with Crippen LogP contribution in [0.4, 0.5) is 0 Å². The molecule has 0 saturated heterocycles. The van der Waals surface area contributed by atoms with Crippen LogP contribution in [0.2, 0.25) is 0 Å². The molecule has 0 amide bonds. The molecule has 0 fully saturated rings. The summed E-state index contributed by atoms with van der Waals surface area (Å²) in [5.41, 5.74) is 2.17. The fraction of sp³-hybridized carbons (Fsp3) is 0.235. The van der Waals surface area contributed by atoms with Crippen LogP contribution in [0, 0.1) is 0 Å². The van der Waals surface area contributed by atoms with Crippen molar-refractivity contribution in [3.63, 3.8) is 0 Å². The molecule has 2 aromatic carbocycles. The number of esters is 1. The highest BCUT2D eigenvalue weighted by atomic mass is 16.5. The molecule has 3 nitrogen and oxygen atoms in total. The van der Waals surface area contributed by atoms with E-state index in [9.17, 15) is 4.79 Å². The van der Waals surface area contributed by atoms with Crippen LogP contribution in [0.25, 0.3) is 11.1 Å². The number of ether oxygens (including phenoxy) is 2. The van der Waals surface area contributed by atoms with Crippen LogP contribution in [0.15, 0.2) is 48.5 Å².